The van der Waals surface area contributed by atoms with E-state index in [-0.39, 0.29) is 17.1 Å². The van der Waals surface area contributed by atoms with E-state index in [2.05, 4.69) is 35.7 Å². The minimum absolute atomic E-state index is 0.00255. The maximum absolute atomic E-state index is 13.2. The average Bonchev–Trinajstić information content (AvgIpc) is 2.98. The molecule has 2 saturated carbocycles. The second-order valence-electron chi connectivity index (χ2n) is 9.20. The third-order valence-electron chi connectivity index (χ3n) is 7.63. The quantitative estimate of drug-likeness (QED) is 0.775. The largest absolute Gasteiger partial charge is 0.388 e. The maximum Gasteiger partial charge on any atom is 0.320 e. The van der Waals surface area contributed by atoms with E-state index in [1.165, 1.54) is 5.56 Å². The first kappa shape index (κ1) is 20.2. The Morgan fingerprint density at radius 3 is 2.38 bits per heavy atom. The fourth-order valence-corrected chi connectivity index (χ4v) is 5.52. The number of β-amino-alcohol motifs (C(OH)–C–C–N with tert-alkyl or cyclic N) is 1. The van der Waals surface area contributed by atoms with Crippen LogP contribution in [0.15, 0.2) is 30.3 Å². The lowest BCUT2D eigenvalue weighted by molar-refractivity contribution is -0.0690. The number of hydrogen-bond donors (Lipinski definition) is 2. The van der Waals surface area contributed by atoms with Crippen LogP contribution >= 0.6 is 0 Å². The second kappa shape index (κ2) is 7.62. The van der Waals surface area contributed by atoms with Gasteiger partial charge in [-0.3, -0.25) is 0 Å². The van der Waals surface area contributed by atoms with Crippen molar-refractivity contribution in [3.8, 4) is 6.07 Å². The summed E-state index contributed by atoms with van der Waals surface area (Å²) in [7, 11) is 2.03. The van der Waals surface area contributed by atoms with E-state index in [0.29, 0.717) is 26.1 Å². The molecule has 0 atom stereocenters. The molecule has 1 aromatic carbocycles. The zero-order valence-electron chi connectivity index (χ0n) is 17.4. The molecule has 2 amide bonds. The summed E-state index contributed by atoms with van der Waals surface area (Å²) in [5.74, 6) is 0. The van der Waals surface area contributed by atoms with Gasteiger partial charge in [-0.05, 0) is 57.6 Å². The first-order valence-corrected chi connectivity index (χ1v) is 10.9. The fourth-order valence-electron chi connectivity index (χ4n) is 5.52. The monoisotopic (exact) mass is 396 g/mol. The lowest BCUT2D eigenvalue weighted by Gasteiger charge is -2.50. The van der Waals surface area contributed by atoms with Crippen molar-refractivity contribution < 1.29 is 9.90 Å². The van der Waals surface area contributed by atoms with Gasteiger partial charge in [0, 0.05) is 18.6 Å². The molecule has 6 heteroatoms. The van der Waals surface area contributed by atoms with Crippen molar-refractivity contribution in [1.82, 2.24) is 15.1 Å². The Kier molecular flexibility index (Phi) is 5.30. The van der Waals surface area contributed by atoms with Gasteiger partial charge in [0.1, 0.15) is 0 Å². The number of urea groups is 1. The first-order chi connectivity index (χ1) is 14.0. The van der Waals surface area contributed by atoms with Gasteiger partial charge in [-0.2, -0.15) is 5.26 Å². The molecule has 29 heavy (non-hydrogen) atoms. The summed E-state index contributed by atoms with van der Waals surface area (Å²) in [6.45, 7) is 1.56. The Morgan fingerprint density at radius 2 is 1.83 bits per heavy atom. The highest BCUT2D eigenvalue weighted by Gasteiger charge is 2.55. The molecular weight excluding hydrogens is 364 g/mol. The van der Waals surface area contributed by atoms with Crippen LogP contribution in [-0.4, -0.2) is 58.8 Å². The van der Waals surface area contributed by atoms with E-state index in [4.69, 9.17) is 5.26 Å². The summed E-state index contributed by atoms with van der Waals surface area (Å²) in [6.07, 6.45) is 6.61. The summed E-state index contributed by atoms with van der Waals surface area (Å²) >= 11 is 0. The van der Waals surface area contributed by atoms with E-state index >= 15 is 0 Å². The Labute approximate surface area is 173 Å². The van der Waals surface area contributed by atoms with Gasteiger partial charge in [-0.15, -0.1) is 0 Å². The predicted molar refractivity (Wildman–Crippen MR) is 111 cm³/mol. The van der Waals surface area contributed by atoms with E-state index in [1.807, 2.05) is 22.9 Å². The summed E-state index contributed by atoms with van der Waals surface area (Å²) < 4.78 is 0. The van der Waals surface area contributed by atoms with Crippen LogP contribution in [0.5, 0.6) is 0 Å². The zero-order valence-corrected chi connectivity index (χ0v) is 17.4. The number of carbonyl (C=O) groups is 1. The standard InChI is InChI=1S/C23H32N4O2/c1-25-23(19-7-3-2-4-8-19)13-11-21(12-14-23)17-26(16-6-15-24)20(28)27(21)18-22(29)9-5-10-22/h2-4,7-8,25,29H,5-6,9-14,16-18H2,1H3/t21-,23-. The molecular formula is C23H32N4O2. The van der Waals surface area contributed by atoms with Crippen LogP contribution in [0, 0.1) is 11.3 Å². The van der Waals surface area contributed by atoms with Crippen molar-refractivity contribution in [1.29, 1.82) is 5.26 Å². The average molecular weight is 397 g/mol. The molecule has 1 aromatic rings. The van der Waals surface area contributed by atoms with Crippen LogP contribution < -0.4 is 5.32 Å². The number of aliphatic hydroxyl groups is 1. The summed E-state index contributed by atoms with van der Waals surface area (Å²) in [5.41, 5.74) is 0.249. The molecule has 2 aliphatic carbocycles. The van der Waals surface area contributed by atoms with Gasteiger partial charge >= 0.3 is 6.03 Å². The number of nitrogens with zero attached hydrogens (tertiary/aromatic N) is 3. The lowest BCUT2D eigenvalue weighted by atomic mass is 9.68. The highest BCUT2D eigenvalue weighted by molar-refractivity contribution is 5.78. The van der Waals surface area contributed by atoms with Crippen LogP contribution in [0.4, 0.5) is 4.79 Å². The van der Waals surface area contributed by atoms with E-state index < -0.39 is 5.60 Å². The minimum Gasteiger partial charge on any atom is -0.388 e. The Morgan fingerprint density at radius 1 is 1.14 bits per heavy atom. The third kappa shape index (κ3) is 3.51. The third-order valence-corrected chi connectivity index (χ3v) is 7.63. The van der Waals surface area contributed by atoms with Crippen LogP contribution in [0.2, 0.25) is 0 Å². The van der Waals surface area contributed by atoms with E-state index in [1.54, 1.807) is 0 Å². The van der Waals surface area contributed by atoms with Crippen LogP contribution in [0.25, 0.3) is 0 Å². The van der Waals surface area contributed by atoms with Crippen LogP contribution in [-0.2, 0) is 5.54 Å². The van der Waals surface area contributed by atoms with Gasteiger partial charge in [0.25, 0.3) is 0 Å². The summed E-state index contributed by atoms with van der Waals surface area (Å²) in [6, 6.07) is 12.7. The Hall–Kier alpha value is -2.10. The minimum atomic E-state index is -0.731. The number of nitrogens with one attached hydrogen (secondary N) is 1. The van der Waals surface area contributed by atoms with E-state index in [0.717, 1.165) is 44.9 Å². The highest BCUT2D eigenvalue weighted by Crippen LogP contribution is 2.48. The van der Waals surface area contributed by atoms with Gasteiger partial charge in [-0.25, -0.2) is 4.79 Å². The Bertz CT molecular complexity index is 776. The maximum atomic E-state index is 13.2. The molecule has 1 heterocycles. The molecule has 0 radical (unpaired) electrons. The number of rotatable bonds is 6. The number of carbonyl (C=O) groups excluding carboxylic acids is 1. The number of amides is 2. The fraction of sp³-hybridized carbons (Fsp3) is 0.652. The van der Waals surface area contributed by atoms with Crippen molar-refractivity contribution >= 4 is 6.03 Å². The zero-order chi connectivity index (χ0) is 20.5. The molecule has 2 N–H and O–H groups in total. The molecule has 0 bridgehead atoms. The normalized spacial score (nSPS) is 31.0. The van der Waals surface area contributed by atoms with Gasteiger partial charge in [-0.1, -0.05) is 30.3 Å². The molecule has 1 aliphatic heterocycles. The van der Waals surface area contributed by atoms with Crippen molar-refractivity contribution in [3.05, 3.63) is 35.9 Å². The van der Waals surface area contributed by atoms with Crippen molar-refractivity contribution in [3.63, 3.8) is 0 Å². The van der Waals surface area contributed by atoms with Crippen molar-refractivity contribution in [2.24, 2.45) is 0 Å². The van der Waals surface area contributed by atoms with E-state index in [9.17, 15) is 9.90 Å². The molecule has 0 unspecified atom stereocenters. The number of hydrogen-bond acceptors (Lipinski definition) is 4. The molecule has 3 aliphatic rings. The summed E-state index contributed by atoms with van der Waals surface area (Å²) in [5, 5.41) is 23.4. The van der Waals surface area contributed by atoms with Crippen LogP contribution in [0.1, 0.15) is 56.9 Å². The molecule has 156 valence electrons. The molecule has 1 spiro atoms. The molecule has 0 aromatic heterocycles. The molecule has 3 fully saturated rings. The van der Waals surface area contributed by atoms with Crippen LogP contribution in [0.3, 0.4) is 0 Å². The smallest absolute Gasteiger partial charge is 0.320 e. The second-order valence-corrected chi connectivity index (χ2v) is 9.20. The van der Waals surface area contributed by atoms with Crippen molar-refractivity contribution in [2.75, 3.05) is 26.7 Å². The summed E-state index contributed by atoms with van der Waals surface area (Å²) in [4.78, 5) is 17.0. The van der Waals surface area contributed by atoms with Gasteiger partial charge in [0.15, 0.2) is 0 Å². The first-order valence-electron chi connectivity index (χ1n) is 10.9. The molecule has 4 rings (SSSR count). The van der Waals surface area contributed by atoms with Gasteiger partial charge in [0.05, 0.1) is 30.2 Å². The molecule has 6 nitrogen and oxygen atoms in total. The van der Waals surface area contributed by atoms with Gasteiger partial charge in [0.2, 0.25) is 0 Å². The van der Waals surface area contributed by atoms with Gasteiger partial charge < -0.3 is 20.2 Å². The Balaban J connectivity index is 1.57. The number of nitriles is 1. The predicted octanol–water partition coefficient (Wildman–Crippen LogP) is 2.98. The van der Waals surface area contributed by atoms with Crippen molar-refractivity contribution in [2.45, 2.75) is 68.0 Å². The number of benzene rings is 1. The highest BCUT2D eigenvalue weighted by atomic mass is 16.3. The molecule has 1 saturated heterocycles. The SMILES string of the molecule is CN[C@]1(c2ccccc2)CC[C@@]2(CC1)CN(CCC#N)C(=O)N2CC1(O)CCC1. The topological polar surface area (TPSA) is 79.6 Å². The lowest BCUT2D eigenvalue weighted by Crippen LogP contribution is -2.59.